The summed E-state index contributed by atoms with van der Waals surface area (Å²) in [5.41, 5.74) is 4.45. The maximum Gasteiger partial charge on any atom is 0.102 e. The molecule has 0 atom stereocenters. The van der Waals surface area contributed by atoms with Crippen LogP contribution in [0.25, 0.3) is 10.8 Å². The van der Waals surface area contributed by atoms with Gasteiger partial charge >= 0.3 is 0 Å². The molecule has 0 aliphatic carbocycles. The third-order valence-electron chi connectivity index (χ3n) is 4.64. The van der Waals surface area contributed by atoms with Gasteiger partial charge in [0.2, 0.25) is 0 Å². The van der Waals surface area contributed by atoms with Crippen LogP contribution in [0.3, 0.4) is 0 Å². The molecule has 0 saturated heterocycles. The van der Waals surface area contributed by atoms with Gasteiger partial charge in [0.25, 0.3) is 0 Å². The van der Waals surface area contributed by atoms with Gasteiger partial charge in [-0.25, -0.2) is 0 Å². The zero-order valence-corrected chi connectivity index (χ0v) is 15.2. The van der Waals surface area contributed by atoms with Gasteiger partial charge in [0.15, 0.2) is 0 Å². The molecule has 3 heteroatoms. The van der Waals surface area contributed by atoms with E-state index in [-0.39, 0.29) is 5.56 Å². The fourth-order valence-electron chi connectivity index (χ4n) is 3.67. The Balaban J connectivity index is 3.10. The number of aryl methyl sites for hydroxylation is 3. The van der Waals surface area contributed by atoms with E-state index < -0.39 is 0 Å². The fraction of sp³-hybridized carbons (Fsp3) is 0.409. The predicted octanol–water partition coefficient (Wildman–Crippen LogP) is 5.31. The quantitative estimate of drug-likeness (QED) is 0.720. The summed E-state index contributed by atoms with van der Waals surface area (Å²) >= 11 is 0. The van der Waals surface area contributed by atoms with Crippen molar-refractivity contribution < 1.29 is 0 Å². The topological polar surface area (TPSA) is 71.4 Å². The zero-order chi connectivity index (χ0) is 18.4. The molecule has 0 N–H and O–H groups in total. The first kappa shape index (κ1) is 18.5. The number of fused-ring (bicyclic) bond motifs is 1. The summed E-state index contributed by atoms with van der Waals surface area (Å²) in [5, 5.41) is 30.8. The van der Waals surface area contributed by atoms with Crippen LogP contribution in [0, 0.1) is 34.0 Å². The van der Waals surface area contributed by atoms with E-state index in [9.17, 15) is 15.8 Å². The number of hydrogen-bond acceptors (Lipinski definition) is 3. The molecule has 0 saturated carbocycles. The maximum absolute atomic E-state index is 9.72. The Bertz CT molecular complexity index is 918. The molecule has 0 fully saturated rings. The van der Waals surface area contributed by atoms with Crippen molar-refractivity contribution in [2.24, 2.45) is 0 Å². The molecule has 2 aromatic carbocycles. The van der Waals surface area contributed by atoms with Gasteiger partial charge in [-0.05, 0) is 41.3 Å². The first-order valence-electron chi connectivity index (χ1n) is 9.01. The Kier molecular flexibility index (Phi) is 6.16. The summed E-state index contributed by atoms with van der Waals surface area (Å²) in [7, 11) is 0. The van der Waals surface area contributed by atoms with Crippen LogP contribution in [-0.4, -0.2) is 0 Å². The molecule has 2 aromatic rings. The number of nitrogens with zero attached hydrogens (tertiary/aromatic N) is 3. The Morgan fingerprint density at radius 2 is 1.24 bits per heavy atom. The van der Waals surface area contributed by atoms with E-state index in [0.717, 1.165) is 54.9 Å². The van der Waals surface area contributed by atoms with E-state index in [1.807, 2.05) is 6.07 Å². The van der Waals surface area contributed by atoms with Crippen LogP contribution >= 0.6 is 0 Å². The third kappa shape index (κ3) is 3.22. The van der Waals surface area contributed by atoms with Crippen molar-refractivity contribution in [1.82, 2.24) is 0 Å². The molecule has 0 unspecified atom stereocenters. The average Bonchev–Trinajstić information content (AvgIpc) is 2.63. The van der Waals surface area contributed by atoms with Gasteiger partial charge in [0.1, 0.15) is 18.2 Å². The minimum absolute atomic E-state index is 0.228. The summed E-state index contributed by atoms with van der Waals surface area (Å²) in [6.45, 7) is 6.38. The van der Waals surface area contributed by atoms with Crippen LogP contribution in [0.15, 0.2) is 12.1 Å². The third-order valence-corrected chi connectivity index (χ3v) is 4.64. The van der Waals surface area contributed by atoms with Crippen molar-refractivity contribution in [2.45, 2.75) is 59.3 Å². The van der Waals surface area contributed by atoms with E-state index in [0.29, 0.717) is 11.1 Å². The standard InChI is InChI=1S/C22H23N3/c1-4-7-15-10-11-18-20(13-24)21(14-25)19(12-23)17(9-6-3)22(18)16(15)8-5-2/h10-11H,4-9H2,1-3H3. The van der Waals surface area contributed by atoms with Gasteiger partial charge in [-0.3, -0.25) is 0 Å². The zero-order valence-electron chi connectivity index (χ0n) is 15.2. The minimum Gasteiger partial charge on any atom is -0.192 e. The lowest BCUT2D eigenvalue weighted by Crippen LogP contribution is -2.05. The molecular weight excluding hydrogens is 306 g/mol. The van der Waals surface area contributed by atoms with Crippen LogP contribution in [0.4, 0.5) is 0 Å². The van der Waals surface area contributed by atoms with Gasteiger partial charge in [0.05, 0.1) is 16.7 Å². The molecule has 0 heterocycles. The van der Waals surface area contributed by atoms with E-state index >= 15 is 0 Å². The van der Waals surface area contributed by atoms with Gasteiger partial charge < -0.3 is 0 Å². The lowest BCUT2D eigenvalue weighted by atomic mass is 9.83. The highest BCUT2D eigenvalue weighted by Gasteiger charge is 2.22. The van der Waals surface area contributed by atoms with Crippen molar-refractivity contribution in [1.29, 1.82) is 15.8 Å². The smallest absolute Gasteiger partial charge is 0.102 e. The molecule has 3 nitrogen and oxygen atoms in total. The van der Waals surface area contributed by atoms with E-state index in [1.54, 1.807) is 0 Å². The highest BCUT2D eigenvalue weighted by atomic mass is 14.3. The SMILES string of the molecule is CCCc1ccc2c(C#N)c(C#N)c(C#N)c(CCC)c2c1CCC. The Morgan fingerprint density at radius 3 is 1.76 bits per heavy atom. The molecule has 0 aromatic heterocycles. The highest BCUT2D eigenvalue weighted by Crippen LogP contribution is 2.35. The number of benzene rings is 2. The molecule has 0 aliphatic rings. The summed E-state index contributed by atoms with van der Waals surface area (Å²) in [5.74, 6) is 0. The number of rotatable bonds is 6. The Morgan fingerprint density at radius 1 is 0.680 bits per heavy atom. The molecule has 126 valence electrons. The van der Waals surface area contributed by atoms with Gasteiger partial charge in [-0.15, -0.1) is 0 Å². The van der Waals surface area contributed by atoms with Gasteiger partial charge in [-0.1, -0.05) is 52.2 Å². The second-order valence-corrected chi connectivity index (χ2v) is 6.31. The summed E-state index contributed by atoms with van der Waals surface area (Å²) in [4.78, 5) is 0. The van der Waals surface area contributed by atoms with Crippen molar-refractivity contribution >= 4 is 10.8 Å². The van der Waals surface area contributed by atoms with Gasteiger partial charge in [-0.2, -0.15) is 15.8 Å². The lowest BCUT2D eigenvalue weighted by molar-refractivity contribution is 0.863. The molecule has 0 aliphatic heterocycles. The van der Waals surface area contributed by atoms with Crippen LogP contribution in [0.5, 0.6) is 0 Å². The summed E-state index contributed by atoms with van der Waals surface area (Å²) < 4.78 is 0. The minimum atomic E-state index is 0.228. The van der Waals surface area contributed by atoms with Crippen molar-refractivity contribution in [3.05, 3.63) is 45.5 Å². The first-order chi connectivity index (χ1) is 12.2. The molecule has 0 amide bonds. The highest BCUT2D eigenvalue weighted by molar-refractivity contribution is 5.98. The van der Waals surface area contributed by atoms with E-state index in [2.05, 4.69) is 45.0 Å². The monoisotopic (exact) mass is 329 g/mol. The average molecular weight is 329 g/mol. The number of nitriles is 3. The van der Waals surface area contributed by atoms with E-state index in [4.69, 9.17) is 0 Å². The fourth-order valence-corrected chi connectivity index (χ4v) is 3.67. The normalized spacial score (nSPS) is 10.2. The van der Waals surface area contributed by atoms with Crippen LogP contribution < -0.4 is 0 Å². The van der Waals surface area contributed by atoms with Crippen LogP contribution in [0.1, 0.15) is 73.4 Å². The second-order valence-electron chi connectivity index (χ2n) is 6.31. The largest absolute Gasteiger partial charge is 0.192 e. The first-order valence-corrected chi connectivity index (χ1v) is 9.01. The second kappa shape index (κ2) is 8.32. The Hall–Kier alpha value is -2.83. The number of hydrogen-bond donors (Lipinski definition) is 0. The summed E-state index contributed by atoms with van der Waals surface area (Å²) in [6.07, 6.45) is 5.60. The van der Waals surface area contributed by atoms with Crippen molar-refractivity contribution in [2.75, 3.05) is 0 Å². The molecule has 25 heavy (non-hydrogen) atoms. The maximum atomic E-state index is 9.72. The Labute approximate surface area is 150 Å². The molecule has 0 bridgehead atoms. The molecule has 0 radical (unpaired) electrons. The van der Waals surface area contributed by atoms with Crippen LogP contribution in [-0.2, 0) is 19.3 Å². The predicted molar refractivity (Wildman–Crippen MR) is 100 cm³/mol. The lowest BCUT2D eigenvalue weighted by Gasteiger charge is -2.19. The van der Waals surface area contributed by atoms with Gasteiger partial charge in [0, 0.05) is 5.39 Å². The van der Waals surface area contributed by atoms with E-state index in [1.165, 1.54) is 11.1 Å². The molecule has 0 spiro atoms. The molecule has 2 rings (SSSR count). The molecular formula is C22H23N3. The summed E-state index contributed by atoms with van der Waals surface area (Å²) in [6, 6.07) is 10.6. The van der Waals surface area contributed by atoms with Crippen molar-refractivity contribution in [3.63, 3.8) is 0 Å². The van der Waals surface area contributed by atoms with Crippen molar-refractivity contribution in [3.8, 4) is 18.2 Å². The van der Waals surface area contributed by atoms with Crippen LogP contribution in [0.2, 0.25) is 0 Å².